The fourth-order valence-electron chi connectivity index (χ4n) is 3.57. The Morgan fingerprint density at radius 3 is 2.44 bits per heavy atom. The van der Waals surface area contributed by atoms with E-state index in [9.17, 15) is 14.7 Å². The number of nitrogens with one attached hydrogen (secondary N) is 1. The van der Waals surface area contributed by atoms with Crippen LogP contribution in [0.5, 0.6) is 5.88 Å². The lowest BCUT2D eigenvalue weighted by molar-refractivity contribution is 0.0982. The van der Waals surface area contributed by atoms with Crippen LogP contribution in [0.25, 0.3) is 11.5 Å². The molecule has 4 rings (SSSR count). The average molecular weight is 432 g/mol. The molecule has 0 aliphatic heterocycles. The monoisotopic (exact) mass is 432 g/mol. The lowest BCUT2D eigenvalue weighted by Gasteiger charge is -2.04. The number of aryl methyl sites for hydroxylation is 4. The fraction of sp³-hybridized carbons (Fsp3) is 0.240. The van der Waals surface area contributed by atoms with Crippen molar-refractivity contribution in [1.82, 2.24) is 9.97 Å². The standard InChI is InChI=1S/C25H24N2O5/c1-16-20(26-24(31-16)19-7-3-2-4-8-19)14-15-21(28)18-12-10-17(11-13-18)6-5-9-22-23(29)27-25(30)32-22/h2-4,7-8,10-13,29H,5-6,9,14-15H2,1H3,(H,27,30). The maximum atomic E-state index is 12.6. The van der Waals surface area contributed by atoms with Crippen LogP contribution >= 0.6 is 0 Å². The molecular formula is C25H24N2O5. The van der Waals surface area contributed by atoms with Crippen molar-refractivity contribution >= 4 is 5.78 Å². The first-order chi connectivity index (χ1) is 15.5. The van der Waals surface area contributed by atoms with Crippen LogP contribution in [0.3, 0.4) is 0 Å². The van der Waals surface area contributed by atoms with E-state index in [1.165, 1.54) is 0 Å². The second-order valence-electron chi connectivity index (χ2n) is 7.65. The number of H-pyrrole nitrogens is 1. The number of nitrogens with zero attached hydrogens (tertiary/aromatic N) is 1. The fourth-order valence-corrected chi connectivity index (χ4v) is 3.57. The molecule has 0 atom stereocenters. The zero-order valence-electron chi connectivity index (χ0n) is 17.8. The summed E-state index contributed by atoms with van der Waals surface area (Å²) >= 11 is 0. The van der Waals surface area contributed by atoms with Gasteiger partial charge in [-0.05, 0) is 37.5 Å². The van der Waals surface area contributed by atoms with Gasteiger partial charge in [0.25, 0.3) is 0 Å². The van der Waals surface area contributed by atoms with Gasteiger partial charge in [-0.3, -0.25) is 9.78 Å². The number of aromatic amines is 1. The van der Waals surface area contributed by atoms with Gasteiger partial charge in [0.15, 0.2) is 11.5 Å². The van der Waals surface area contributed by atoms with E-state index < -0.39 is 5.76 Å². The largest absolute Gasteiger partial charge is 0.492 e. The summed E-state index contributed by atoms with van der Waals surface area (Å²) in [6.07, 6.45) is 2.77. The summed E-state index contributed by atoms with van der Waals surface area (Å²) in [4.78, 5) is 30.4. The highest BCUT2D eigenvalue weighted by molar-refractivity contribution is 5.96. The van der Waals surface area contributed by atoms with Gasteiger partial charge in [-0.25, -0.2) is 9.78 Å². The predicted molar refractivity (Wildman–Crippen MR) is 119 cm³/mol. The van der Waals surface area contributed by atoms with E-state index in [0.717, 1.165) is 29.0 Å². The van der Waals surface area contributed by atoms with E-state index in [-0.39, 0.29) is 17.4 Å². The van der Waals surface area contributed by atoms with Gasteiger partial charge in [0.2, 0.25) is 11.8 Å². The summed E-state index contributed by atoms with van der Waals surface area (Å²) in [6.45, 7) is 1.87. The SMILES string of the molecule is Cc1oc(-c2ccccc2)nc1CCC(=O)c1ccc(CCCc2oc(=O)[nH]c2O)cc1. The summed E-state index contributed by atoms with van der Waals surface area (Å²) in [5, 5.41) is 9.54. The molecule has 0 saturated carbocycles. The second-order valence-corrected chi connectivity index (χ2v) is 7.65. The molecule has 0 spiro atoms. The van der Waals surface area contributed by atoms with Crippen LogP contribution in [-0.4, -0.2) is 20.9 Å². The van der Waals surface area contributed by atoms with Gasteiger partial charge < -0.3 is 13.9 Å². The topological polar surface area (TPSA) is 109 Å². The first kappa shape index (κ1) is 21.4. The van der Waals surface area contributed by atoms with Crippen LogP contribution in [0.1, 0.15) is 46.0 Å². The summed E-state index contributed by atoms with van der Waals surface area (Å²) < 4.78 is 10.7. The number of hydrogen-bond donors (Lipinski definition) is 2. The predicted octanol–water partition coefficient (Wildman–Crippen LogP) is 4.63. The third-order valence-corrected chi connectivity index (χ3v) is 5.35. The molecule has 0 radical (unpaired) electrons. The Bertz CT molecular complexity index is 1250. The maximum absolute atomic E-state index is 12.6. The van der Waals surface area contributed by atoms with Crippen molar-refractivity contribution in [3.63, 3.8) is 0 Å². The zero-order chi connectivity index (χ0) is 22.5. The minimum atomic E-state index is -0.655. The summed E-state index contributed by atoms with van der Waals surface area (Å²) in [5.41, 5.74) is 3.44. The van der Waals surface area contributed by atoms with Crippen LogP contribution in [0.4, 0.5) is 0 Å². The molecule has 2 aromatic carbocycles. The van der Waals surface area contributed by atoms with E-state index in [4.69, 9.17) is 8.83 Å². The lowest BCUT2D eigenvalue weighted by Crippen LogP contribution is -2.02. The smallest absolute Gasteiger partial charge is 0.419 e. The Hall–Kier alpha value is -3.87. The zero-order valence-corrected chi connectivity index (χ0v) is 17.8. The molecule has 0 fully saturated rings. The number of carbonyl (C=O) groups is 1. The number of hydrogen-bond acceptors (Lipinski definition) is 6. The number of carbonyl (C=O) groups excluding carboxylic acids is 1. The average Bonchev–Trinajstić information content (AvgIpc) is 3.33. The maximum Gasteiger partial charge on any atom is 0.419 e. The van der Waals surface area contributed by atoms with E-state index >= 15 is 0 Å². The van der Waals surface area contributed by atoms with Crippen LogP contribution in [0, 0.1) is 6.92 Å². The first-order valence-corrected chi connectivity index (χ1v) is 10.5. The Balaban J connectivity index is 1.30. The van der Waals surface area contributed by atoms with Crippen LogP contribution in [-0.2, 0) is 19.3 Å². The number of benzene rings is 2. The van der Waals surface area contributed by atoms with E-state index in [0.29, 0.717) is 37.1 Å². The number of ketones is 1. The second kappa shape index (κ2) is 9.51. The molecule has 32 heavy (non-hydrogen) atoms. The molecule has 4 aromatic rings. The summed E-state index contributed by atoms with van der Waals surface area (Å²) in [7, 11) is 0. The minimum Gasteiger partial charge on any atom is -0.492 e. The lowest BCUT2D eigenvalue weighted by atomic mass is 10.0. The Morgan fingerprint density at radius 1 is 1.00 bits per heavy atom. The van der Waals surface area contributed by atoms with Gasteiger partial charge in [0.1, 0.15) is 5.76 Å². The number of Topliss-reactive ketones (excluding diaryl/α,β-unsaturated/α-hetero) is 1. The molecule has 2 heterocycles. The molecule has 7 heteroatoms. The Kier molecular flexibility index (Phi) is 6.35. The van der Waals surface area contributed by atoms with Crippen molar-refractivity contribution in [1.29, 1.82) is 0 Å². The van der Waals surface area contributed by atoms with Crippen LogP contribution in [0.15, 0.2) is 68.2 Å². The van der Waals surface area contributed by atoms with E-state index in [1.54, 1.807) is 0 Å². The van der Waals surface area contributed by atoms with Crippen molar-refractivity contribution in [2.24, 2.45) is 0 Å². The van der Waals surface area contributed by atoms with Crippen molar-refractivity contribution < 1.29 is 18.7 Å². The normalized spacial score (nSPS) is 11.0. The molecular weight excluding hydrogens is 408 g/mol. The van der Waals surface area contributed by atoms with Gasteiger partial charge >= 0.3 is 5.76 Å². The van der Waals surface area contributed by atoms with Crippen molar-refractivity contribution in [2.45, 2.75) is 39.0 Å². The molecule has 164 valence electrons. The van der Waals surface area contributed by atoms with Crippen molar-refractivity contribution in [3.8, 4) is 17.3 Å². The highest BCUT2D eigenvalue weighted by Gasteiger charge is 2.14. The Labute approximate surface area is 184 Å². The molecule has 0 bridgehead atoms. The summed E-state index contributed by atoms with van der Waals surface area (Å²) in [5.74, 6) is 0.754. The van der Waals surface area contributed by atoms with Gasteiger partial charge in [0.05, 0.1) is 5.69 Å². The summed E-state index contributed by atoms with van der Waals surface area (Å²) in [6, 6.07) is 17.2. The van der Waals surface area contributed by atoms with Gasteiger partial charge in [-0.15, -0.1) is 0 Å². The molecule has 0 aliphatic rings. The molecule has 0 saturated heterocycles. The number of oxazole rings is 2. The highest BCUT2D eigenvalue weighted by atomic mass is 16.4. The van der Waals surface area contributed by atoms with Crippen molar-refractivity contribution in [2.75, 3.05) is 0 Å². The first-order valence-electron chi connectivity index (χ1n) is 10.5. The van der Waals surface area contributed by atoms with Crippen molar-refractivity contribution in [3.05, 3.63) is 93.5 Å². The third-order valence-electron chi connectivity index (χ3n) is 5.35. The molecule has 7 nitrogen and oxygen atoms in total. The number of aromatic hydroxyl groups is 1. The quantitative estimate of drug-likeness (QED) is 0.373. The number of aromatic nitrogens is 2. The van der Waals surface area contributed by atoms with Gasteiger partial charge in [-0.1, -0.05) is 42.5 Å². The van der Waals surface area contributed by atoms with Crippen LogP contribution < -0.4 is 5.76 Å². The molecule has 2 aromatic heterocycles. The highest BCUT2D eigenvalue weighted by Crippen LogP contribution is 2.22. The minimum absolute atomic E-state index is 0.0548. The number of rotatable bonds is 9. The molecule has 2 N–H and O–H groups in total. The molecule has 0 aliphatic carbocycles. The third kappa shape index (κ3) is 5.06. The molecule has 0 amide bonds. The molecule has 0 unspecified atom stereocenters. The Morgan fingerprint density at radius 2 is 1.75 bits per heavy atom. The van der Waals surface area contributed by atoms with Gasteiger partial charge in [0, 0.05) is 30.4 Å². The van der Waals surface area contributed by atoms with Gasteiger partial charge in [-0.2, -0.15) is 0 Å². The van der Waals surface area contributed by atoms with E-state index in [1.807, 2.05) is 61.5 Å². The van der Waals surface area contributed by atoms with E-state index in [2.05, 4.69) is 9.97 Å². The van der Waals surface area contributed by atoms with Crippen LogP contribution in [0.2, 0.25) is 0 Å².